The highest BCUT2D eigenvalue weighted by Gasteiger charge is 2.24. The van der Waals surface area contributed by atoms with Crippen molar-refractivity contribution in [1.82, 2.24) is 0 Å². The zero-order valence-electron chi connectivity index (χ0n) is 14.7. The van der Waals surface area contributed by atoms with Gasteiger partial charge in [-0.1, -0.05) is 68.4 Å². The summed E-state index contributed by atoms with van der Waals surface area (Å²) < 4.78 is 22.3. The fourth-order valence-corrected chi connectivity index (χ4v) is 3.35. The Morgan fingerprint density at radius 1 is 0.731 bits per heavy atom. The number of benzene rings is 3. The van der Waals surface area contributed by atoms with Crippen LogP contribution < -0.4 is 9.05 Å². The van der Waals surface area contributed by atoms with Crippen molar-refractivity contribution in [2.45, 2.75) is 19.8 Å². The van der Waals surface area contributed by atoms with Crippen LogP contribution in [0.15, 0.2) is 78.9 Å². The third-order valence-corrected chi connectivity index (χ3v) is 4.83. The van der Waals surface area contributed by atoms with Crippen LogP contribution in [0.4, 0.5) is 0 Å². The molecule has 3 rings (SSSR count). The first kappa shape index (κ1) is 18.2. The van der Waals surface area contributed by atoms with E-state index in [1.165, 1.54) is 5.56 Å². The lowest BCUT2D eigenvalue weighted by Crippen LogP contribution is -1.99. The van der Waals surface area contributed by atoms with Crippen LogP contribution in [0.3, 0.4) is 0 Å². The van der Waals surface area contributed by atoms with Gasteiger partial charge < -0.3 is 9.05 Å². The third-order valence-electron chi connectivity index (χ3n) is 3.95. The molecule has 1 N–H and O–H groups in total. The number of phosphoric ester groups is 1. The Morgan fingerprint density at radius 3 is 1.69 bits per heavy atom. The van der Waals surface area contributed by atoms with E-state index >= 15 is 0 Å². The Hall–Kier alpha value is -2.55. The lowest BCUT2D eigenvalue weighted by Gasteiger charge is -2.14. The van der Waals surface area contributed by atoms with Gasteiger partial charge in [0, 0.05) is 0 Å². The van der Waals surface area contributed by atoms with Crippen LogP contribution in [-0.4, -0.2) is 4.89 Å². The van der Waals surface area contributed by atoms with Crippen molar-refractivity contribution in [3.63, 3.8) is 0 Å². The van der Waals surface area contributed by atoms with Gasteiger partial charge in [0.2, 0.25) is 0 Å². The van der Waals surface area contributed by atoms with Crippen molar-refractivity contribution in [1.29, 1.82) is 0 Å². The number of para-hydroxylation sites is 1. The van der Waals surface area contributed by atoms with E-state index < -0.39 is 7.82 Å². The molecule has 0 aromatic heterocycles. The summed E-state index contributed by atoms with van der Waals surface area (Å²) in [6.45, 7) is 4.32. The lowest BCUT2D eigenvalue weighted by atomic mass is 9.99. The van der Waals surface area contributed by atoms with Crippen LogP contribution in [0.2, 0.25) is 0 Å². The summed E-state index contributed by atoms with van der Waals surface area (Å²) in [5.74, 6) is 1.04. The Balaban J connectivity index is 1.70. The summed E-state index contributed by atoms with van der Waals surface area (Å²) in [4.78, 5) is 9.90. The normalized spacial score (nSPS) is 13.2. The quantitative estimate of drug-likeness (QED) is 0.539. The molecular weight excluding hydrogens is 347 g/mol. The maximum atomic E-state index is 12.1. The summed E-state index contributed by atoms with van der Waals surface area (Å²) in [6.07, 6.45) is 0. The summed E-state index contributed by atoms with van der Waals surface area (Å²) in [7, 11) is -4.24. The van der Waals surface area contributed by atoms with Crippen molar-refractivity contribution in [2.75, 3.05) is 0 Å². The molecule has 0 heterocycles. The van der Waals surface area contributed by atoms with Crippen LogP contribution in [0.5, 0.6) is 11.5 Å². The van der Waals surface area contributed by atoms with Gasteiger partial charge in [-0.05, 0) is 46.9 Å². The summed E-state index contributed by atoms with van der Waals surface area (Å²) in [6, 6.07) is 23.8. The molecule has 1 atom stereocenters. The smallest absolute Gasteiger partial charge is 0.395 e. The van der Waals surface area contributed by atoms with E-state index in [0.29, 0.717) is 5.92 Å². The van der Waals surface area contributed by atoms with Gasteiger partial charge in [0.25, 0.3) is 0 Å². The first-order valence-corrected chi connectivity index (χ1v) is 9.90. The second kappa shape index (κ2) is 7.77. The van der Waals surface area contributed by atoms with Gasteiger partial charge in [-0.3, -0.25) is 4.89 Å². The fraction of sp³-hybridized carbons (Fsp3) is 0.143. The maximum absolute atomic E-state index is 12.1. The van der Waals surface area contributed by atoms with Crippen LogP contribution >= 0.6 is 7.82 Å². The van der Waals surface area contributed by atoms with Crippen molar-refractivity contribution >= 4 is 7.82 Å². The number of rotatable bonds is 6. The predicted octanol–water partition coefficient (Wildman–Crippen LogP) is 6.04. The lowest BCUT2D eigenvalue weighted by molar-refractivity contribution is 0.291. The van der Waals surface area contributed by atoms with E-state index in [-0.39, 0.29) is 11.5 Å². The Morgan fingerprint density at radius 2 is 1.19 bits per heavy atom. The highest BCUT2D eigenvalue weighted by Crippen LogP contribution is 2.44. The summed E-state index contributed by atoms with van der Waals surface area (Å²) in [5, 5.41) is 0. The largest absolute Gasteiger partial charge is 0.584 e. The number of hydrogen-bond acceptors (Lipinski definition) is 3. The second-order valence-electron chi connectivity index (χ2n) is 6.27. The molecule has 0 aliphatic heterocycles. The molecule has 134 valence electrons. The average molecular weight is 368 g/mol. The zero-order valence-corrected chi connectivity index (χ0v) is 15.6. The summed E-state index contributed by atoms with van der Waals surface area (Å²) >= 11 is 0. The molecule has 0 spiro atoms. The molecule has 0 bridgehead atoms. The molecule has 0 aliphatic carbocycles. The topological polar surface area (TPSA) is 55.8 Å². The molecule has 3 aromatic rings. The molecule has 0 fully saturated rings. The van der Waals surface area contributed by atoms with Crippen molar-refractivity contribution < 1.29 is 18.5 Å². The van der Waals surface area contributed by atoms with E-state index in [1.807, 2.05) is 12.1 Å². The van der Waals surface area contributed by atoms with Gasteiger partial charge in [-0.25, -0.2) is 4.57 Å². The molecule has 0 saturated heterocycles. The SMILES string of the molecule is CC(C)c1ccc(-c2ccc(OP(=O)(O)Oc3ccccc3)cc2)cc1. The number of phosphoric acid groups is 1. The van der Waals surface area contributed by atoms with Crippen LogP contribution in [0.1, 0.15) is 25.3 Å². The highest BCUT2D eigenvalue weighted by atomic mass is 31.2. The van der Waals surface area contributed by atoms with Crippen molar-refractivity contribution in [2.24, 2.45) is 0 Å². The Bertz CT molecular complexity index is 888. The van der Waals surface area contributed by atoms with Gasteiger partial charge in [-0.15, -0.1) is 0 Å². The van der Waals surface area contributed by atoms with Crippen molar-refractivity contribution in [3.8, 4) is 22.6 Å². The molecule has 4 nitrogen and oxygen atoms in total. The van der Waals surface area contributed by atoms with Gasteiger partial charge >= 0.3 is 7.82 Å². The molecule has 3 aromatic carbocycles. The molecule has 0 aliphatic rings. The Kier molecular flexibility index (Phi) is 5.46. The van der Waals surface area contributed by atoms with Crippen LogP contribution in [-0.2, 0) is 4.57 Å². The second-order valence-corrected chi connectivity index (χ2v) is 7.57. The first-order valence-electron chi connectivity index (χ1n) is 8.40. The molecule has 0 saturated carbocycles. The van der Waals surface area contributed by atoms with E-state index in [9.17, 15) is 9.46 Å². The minimum Gasteiger partial charge on any atom is -0.395 e. The molecular formula is C21H21O4P. The third kappa shape index (κ3) is 4.75. The number of hydrogen-bond donors (Lipinski definition) is 1. The van der Waals surface area contributed by atoms with E-state index in [0.717, 1.165) is 11.1 Å². The molecule has 26 heavy (non-hydrogen) atoms. The van der Waals surface area contributed by atoms with Crippen LogP contribution in [0.25, 0.3) is 11.1 Å². The Labute approximate surface area is 153 Å². The minimum atomic E-state index is -4.24. The molecule has 5 heteroatoms. The van der Waals surface area contributed by atoms with E-state index in [4.69, 9.17) is 9.05 Å². The molecule has 1 unspecified atom stereocenters. The standard InChI is InChI=1S/C21H21O4P/c1-16(2)17-8-10-18(11-9-17)19-12-14-21(15-13-19)25-26(22,23)24-20-6-4-3-5-7-20/h3-16H,1-2H3,(H,22,23). The average Bonchev–Trinajstić information content (AvgIpc) is 2.62. The van der Waals surface area contributed by atoms with Crippen LogP contribution in [0, 0.1) is 0 Å². The van der Waals surface area contributed by atoms with E-state index in [1.54, 1.807) is 42.5 Å². The minimum absolute atomic E-state index is 0.273. The maximum Gasteiger partial charge on any atom is 0.584 e. The highest BCUT2D eigenvalue weighted by molar-refractivity contribution is 7.48. The van der Waals surface area contributed by atoms with E-state index in [2.05, 4.69) is 38.1 Å². The van der Waals surface area contributed by atoms with Gasteiger partial charge in [0.1, 0.15) is 11.5 Å². The first-order chi connectivity index (χ1) is 12.4. The predicted molar refractivity (Wildman–Crippen MR) is 103 cm³/mol. The molecule has 0 amide bonds. The van der Waals surface area contributed by atoms with Gasteiger partial charge in [0.15, 0.2) is 0 Å². The van der Waals surface area contributed by atoms with Gasteiger partial charge in [0.05, 0.1) is 0 Å². The zero-order chi connectivity index (χ0) is 18.6. The fourth-order valence-electron chi connectivity index (χ4n) is 2.54. The molecule has 0 radical (unpaired) electrons. The monoisotopic (exact) mass is 368 g/mol. The summed E-state index contributed by atoms with van der Waals surface area (Å²) in [5.41, 5.74) is 3.37. The van der Waals surface area contributed by atoms with Crippen molar-refractivity contribution in [3.05, 3.63) is 84.4 Å². The van der Waals surface area contributed by atoms with Gasteiger partial charge in [-0.2, -0.15) is 0 Å².